The van der Waals surface area contributed by atoms with Gasteiger partial charge in [-0.2, -0.15) is 4.98 Å². The molecule has 1 fully saturated rings. The topological polar surface area (TPSA) is 127 Å². The van der Waals surface area contributed by atoms with Crippen molar-refractivity contribution < 1.29 is 9.72 Å². The molecule has 0 spiro atoms. The summed E-state index contributed by atoms with van der Waals surface area (Å²) in [6.45, 7) is 3.35. The Labute approximate surface area is 121 Å². The SMILES string of the molecule is Cc1nc(N)nc(NCCC(=O)N2CCCC2)c1[N+](=O)[O-]. The predicted octanol–water partition coefficient (Wildman–Crippen LogP) is 0.700. The second-order valence-corrected chi connectivity index (χ2v) is 4.89. The minimum Gasteiger partial charge on any atom is -0.368 e. The van der Waals surface area contributed by atoms with Crippen LogP contribution in [0, 0.1) is 17.0 Å². The lowest BCUT2D eigenvalue weighted by Crippen LogP contribution is -2.29. The number of nitrogens with zero attached hydrogens (tertiary/aromatic N) is 4. The summed E-state index contributed by atoms with van der Waals surface area (Å²) in [5.41, 5.74) is 5.48. The second-order valence-electron chi connectivity index (χ2n) is 4.89. The fourth-order valence-electron chi connectivity index (χ4n) is 2.34. The quantitative estimate of drug-likeness (QED) is 0.604. The van der Waals surface area contributed by atoms with Crippen molar-refractivity contribution in [1.82, 2.24) is 14.9 Å². The zero-order chi connectivity index (χ0) is 15.4. The van der Waals surface area contributed by atoms with Gasteiger partial charge in [-0.3, -0.25) is 14.9 Å². The summed E-state index contributed by atoms with van der Waals surface area (Å²) < 4.78 is 0. The molecule has 0 atom stereocenters. The Morgan fingerprint density at radius 1 is 1.43 bits per heavy atom. The molecular weight excluding hydrogens is 276 g/mol. The van der Waals surface area contributed by atoms with E-state index in [0.717, 1.165) is 25.9 Å². The molecule has 1 aromatic heterocycles. The van der Waals surface area contributed by atoms with Gasteiger partial charge in [0.25, 0.3) is 0 Å². The number of nitrogens with one attached hydrogen (secondary N) is 1. The monoisotopic (exact) mass is 294 g/mol. The number of aryl methyl sites for hydroxylation is 1. The molecule has 21 heavy (non-hydrogen) atoms. The van der Waals surface area contributed by atoms with Crippen molar-refractivity contribution in [3.05, 3.63) is 15.8 Å². The number of amides is 1. The molecule has 114 valence electrons. The molecule has 1 saturated heterocycles. The Kier molecular flexibility index (Phi) is 4.51. The third kappa shape index (κ3) is 3.56. The van der Waals surface area contributed by atoms with Gasteiger partial charge in [0.2, 0.25) is 17.7 Å². The van der Waals surface area contributed by atoms with Crippen molar-refractivity contribution in [2.45, 2.75) is 26.2 Å². The Morgan fingerprint density at radius 2 is 2.10 bits per heavy atom. The average Bonchev–Trinajstić information content (AvgIpc) is 2.91. The van der Waals surface area contributed by atoms with Crippen LogP contribution in [0.25, 0.3) is 0 Å². The van der Waals surface area contributed by atoms with E-state index in [1.165, 1.54) is 6.92 Å². The zero-order valence-corrected chi connectivity index (χ0v) is 11.8. The largest absolute Gasteiger partial charge is 0.368 e. The minimum atomic E-state index is -0.556. The first-order valence-electron chi connectivity index (χ1n) is 6.79. The average molecular weight is 294 g/mol. The lowest BCUT2D eigenvalue weighted by atomic mass is 10.3. The van der Waals surface area contributed by atoms with Crippen molar-refractivity contribution in [2.24, 2.45) is 0 Å². The molecule has 0 aliphatic carbocycles. The number of likely N-dealkylation sites (tertiary alicyclic amines) is 1. The lowest BCUT2D eigenvalue weighted by Gasteiger charge is -2.15. The Morgan fingerprint density at radius 3 is 2.71 bits per heavy atom. The van der Waals surface area contributed by atoms with Gasteiger partial charge in [-0.25, -0.2) is 4.98 Å². The van der Waals surface area contributed by atoms with Gasteiger partial charge < -0.3 is 16.0 Å². The molecule has 0 unspecified atom stereocenters. The van der Waals surface area contributed by atoms with E-state index in [9.17, 15) is 14.9 Å². The van der Waals surface area contributed by atoms with Crippen molar-refractivity contribution in [3.8, 4) is 0 Å². The van der Waals surface area contributed by atoms with E-state index in [2.05, 4.69) is 15.3 Å². The van der Waals surface area contributed by atoms with Gasteiger partial charge >= 0.3 is 5.69 Å². The first-order valence-corrected chi connectivity index (χ1v) is 6.79. The highest BCUT2D eigenvalue weighted by Gasteiger charge is 2.22. The standard InChI is InChI=1S/C12H18N6O3/c1-8-10(18(20)21)11(16-12(13)15-8)14-5-4-9(19)17-6-2-3-7-17/h2-7H2,1H3,(H3,13,14,15,16). The number of aromatic nitrogens is 2. The van der Waals surface area contributed by atoms with Crippen molar-refractivity contribution in [3.63, 3.8) is 0 Å². The number of carbonyl (C=O) groups is 1. The lowest BCUT2D eigenvalue weighted by molar-refractivity contribution is -0.385. The Balaban J connectivity index is 1.99. The van der Waals surface area contributed by atoms with Gasteiger partial charge in [0.15, 0.2) is 0 Å². The first kappa shape index (κ1) is 14.9. The van der Waals surface area contributed by atoms with Crippen LogP contribution in [0.3, 0.4) is 0 Å². The summed E-state index contributed by atoms with van der Waals surface area (Å²) in [6.07, 6.45) is 2.33. The van der Waals surface area contributed by atoms with Gasteiger partial charge in [0, 0.05) is 26.1 Å². The summed E-state index contributed by atoms with van der Waals surface area (Å²) in [5, 5.41) is 13.8. The van der Waals surface area contributed by atoms with Crippen molar-refractivity contribution in [2.75, 3.05) is 30.7 Å². The van der Waals surface area contributed by atoms with Crippen LogP contribution in [0.2, 0.25) is 0 Å². The predicted molar refractivity (Wildman–Crippen MR) is 76.8 cm³/mol. The summed E-state index contributed by atoms with van der Waals surface area (Å²) in [6, 6.07) is 0. The molecule has 0 aromatic carbocycles. The van der Waals surface area contributed by atoms with Crippen LogP contribution in [0.5, 0.6) is 0 Å². The summed E-state index contributed by atoms with van der Waals surface area (Å²) in [7, 11) is 0. The van der Waals surface area contributed by atoms with Crippen LogP contribution >= 0.6 is 0 Å². The molecule has 1 aliphatic heterocycles. The van der Waals surface area contributed by atoms with E-state index in [1.807, 2.05) is 0 Å². The van der Waals surface area contributed by atoms with Crippen LogP contribution in [-0.4, -0.2) is 45.3 Å². The number of nitro groups is 1. The highest BCUT2D eigenvalue weighted by atomic mass is 16.6. The molecule has 0 radical (unpaired) electrons. The number of carbonyl (C=O) groups excluding carboxylic acids is 1. The number of hydrogen-bond acceptors (Lipinski definition) is 7. The normalized spacial score (nSPS) is 14.2. The molecule has 9 nitrogen and oxygen atoms in total. The molecule has 2 rings (SSSR count). The van der Waals surface area contributed by atoms with Crippen molar-refractivity contribution >= 4 is 23.4 Å². The van der Waals surface area contributed by atoms with E-state index in [1.54, 1.807) is 4.90 Å². The number of hydrogen-bond donors (Lipinski definition) is 2. The number of nitrogens with two attached hydrogens (primary N) is 1. The van der Waals surface area contributed by atoms with E-state index >= 15 is 0 Å². The maximum atomic E-state index is 11.9. The minimum absolute atomic E-state index is 0.0357. The van der Waals surface area contributed by atoms with Gasteiger partial charge in [-0.1, -0.05) is 0 Å². The fraction of sp³-hybridized carbons (Fsp3) is 0.583. The fourth-order valence-corrected chi connectivity index (χ4v) is 2.34. The number of nitrogen functional groups attached to an aromatic ring is 1. The Hall–Kier alpha value is -2.45. The summed E-state index contributed by atoms with van der Waals surface area (Å²) in [4.78, 5) is 31.8. The summed E-state index contributed by atoms with van der Waals surface area (Å²) in [5.74, 6) is 0.0621. The van der Waals surface area contributed by atoms with Crippen molar-refractivity contribution in [1.29, 1.82) is 0 Å². The molecule has 0 saturated carbocycles. The van der Waals surface area contributed by atoms with Crippen LogP contribution in [0.1, 0.15) is 25.0 Å². The van der Waals surface area contributed by atoms with E-state index in [-0.39, 0.29) is 42.0 Å². The number of anilines is 2. The third-order valence-electron chi connectivity index (χ3n) is 3.35. The zero-order valence-electron chi connectivity index (χ0n) is 11.8. The number of rotatable bonds is 5. The first-order chi connectivity index (χ1) is 9.99. The van der Waals surface area contributed by atoms with Crippen LogP contribution in [-0.2, 0) is 4.79 Å². The van der Waals surface area contributed by atoms with Gasteiger partial charge in [-0.05, 0) is 19.8 Å². The highest BCUT2D eigenvalue weighted by molar-refractivity contribution is 5.77. The molecular formula is C12H18N6O3. The maximum absolute atomic E-state index is 11.9. The van der Waals surface area contributed by atoms with Gasteiger partial charge in [0.1, 0.15) is 5.69 Å². The van der Waals surface area contributed by atoms with Crippen LogP contribution < -0.4 is 11.1 Å². The molecule has 2 heterocycles. The van der Waals surface area contributed by atoms with Crippen LogP contribution in [0.15, 0.2) is 0 Å². The second kappa shape index (κ2) is 6.33. The van der Waals surface area contributed by atoms with E-state index in [0.29, 0.717) is 0 Å². The molecule has 0 bridgehead atoms. The van der Waals surface area contributed by atoms with E-state index < -0.39 is 4.92 Å². The maximum Gasteiger partial charge on any atom is 0.332 e. The van der Waals surface area contributed by atoms with Gasteiger partial charge in [-0.15, -0.1) is 0 Å². The van der Waals surface area contributed by atoms with E-state index in [4.69, 9.17) is 5.73 Å². The molecule has 3 N–H and O–H groups in total. The molecule has 9 heteroatoms. The molecule has 1 amide bonds. The van der Waals surface area contributed by atoms with Gasteiger partial charge in [0.05, 0.1) is 4.92 Å². The highest BCUT2D eigenvalue weighted by Crippen LogP contribution is 2.25. The molecule has 1 aromatic rings. The summed E-state index contributed by atoms with van der Waals surface area (Å²) >= 11 is 0. The smallest absolute Gasteiger partial charge is 0.332 e. The Bertz CT molecular complexity index is 556. The van der Waals surface area contributed by atoms with Crippen LogP contribution in [0.4, 0.5) is 17.5 Å². The molecule has 1 aliphatic rings. The third-order valence-corrected chi connectivity index (χ3v) is 3.35.